The third-order valence-corrected chi connectivity index (χ3v) is 5.64. The largest absolute Gasteiger partial charge is 0.472 e. The number of ether oxygens (including phenoxy) is 1. The van der Waals surface area contributed by atoms with Crippen molar-refractivity contribution in [3.8, 4) is 5.75 Å². The van der Waals surface area contributed by atoms with E-state index in [0.717, 1.165) is 24.5 Å². The molecule has 0 radical (unpaired) electrons. The van der Waals surface area contributed by atoms with Crippen molar-refractivity contribution in [3.63, 3.8) is 0 Å². The van der Waals surface area contributed by atoms with Crippen molar-refractivity contribution in [2.75, 3.05) is 18.8 Å². The summed E-state index contributed by atoms with van der Waals surface area (Å²) in [5, 5.41) is 0. The monoisotopic (exact) mass is 274 g/mol. The third kappa shape index (κ3) is 1.62. The van der Waals surface area contributed by atoms with Crippen molar-refractivity contribution in [3.05, 3.63) is 22.3 Å². The van der Waals surface area contributed by atoms with Gasteiger partial charge in [-0.25, -0.2) is 0 Å². The SMILES string of the molecule is Cc1c(C)c2c(c(C)c1N)C(C)C(C)(N1CCCC1)O2. The molecule has 1 aromatic rings. The molecule has 0 spiro atoms. The van der Waals surface area contributed by atoms with Crippen molar-refractivity contribution in [1.29, 1.82) is 0 Å². The fraction of sp³-hybridized carbons (Fsp3) is 0.647. The van der Waals surface area contributed by atoms with Crippen LogP contribution in [0.5, 0.6) is 5.75 Å². The number of benzene rings is 1. The van der Waals surface area contributed by atoms with E-state index >= 15 is 0 Å². The lowest BCUT2D eigenvalue weighted by Crippen LogP contribution is -2.50. The average Bonchev–Trinajstić information content (AvgIpc) is 3.03. The standard InChI is InChI=1S/C17H26N2O/c1-10-11(2)16-14(12(3)15(10)18)13(4)17(5,20-16)19-8-6-7-9-19/h13H,6-9,18H2,1-5H3. The number of nitrogens with two attached hydrogens (primary N) is 1. The maximum Gasteiger partial charge on any atom is 0.167 e. The van der Waals surface area contributed by atoms with Gasteiger partial charge in [0.25, 0.3) is 0 Å². The van der Waals surface area contributed by atoms with E-state index in [2.05, 4.69) is 39.5 Å². The molecule has 2 N–H and O–H groups in total. The van der Waals surface area contributed by atoms with Gasteiger partial charge in [-0.15, -0.1) is 0 Å². The first-order chi connectivity index (χ1) is 9.38. The molecular weight excluding hydrogens is 248 g/mol. The molecule has 3 heteroatoms. The predicted octanol–water partition coefficient (Wildman–Crippen LogP) is 3.50. The van der Waals surface area contributed by atoms with Crippen LogP contribution < -0.4 is 10.5 Å². The third-order valence-electron chi connectivity index (χ3n) is 5.64. The van der Waals surface area contributed by atoms with Gasteiger partial charge in [0, 0.05) is 30.3 Å². The molecule has 2 aliphatic rings. The molecule has 2 heterocycles. The highest BCUT2D eigenvalue weighted by Crippen LogP contribution is 2.52. The summed E-state index contributed by atoms with van der Waals surface area (Å²) in [5.41, 5.74) is 11.9. The number of nitrogen functional groups attached to an aromatic ring is 1. The lowest BCUT2D eigenvalue weighted by molar-refractivity contribution is -0.0565. The highest BCUT2D eigenvalue weighted by Gasteiger charge is 2.48. The maximum atomic E-state index is 6.51. The zero-order valence-electron chi connectivity index (χ0n) is 13.3. The normalized spacial score (nSPS) is 29.6. The summed E-state index contributed by atoms with van der Waals surface area (Å²) in [6, 6.07) is 0. The quantitative estimate of drug-likeness (QED) is 0.797. The van der Waals surface area contributed by atoms with Gasteiger partial charge in [0.15, 0.2) is 5.72 Å². The first-order valence-electron chi connectivity index (χ1n) is 7.71. The Hall–Kier alpha value is -1.22. The van der Waals surface area contributed by atoms with Gasteiger partial charge in [-0.1, -0.05) is 6.92 Å². The Kier molecular flexibility index (Phi) is 3.02. The zero-order chi connectivity index (χ0) is 14.7. The number of hydrogen-bond donors (Lipinski definition) is 1. The van der Waals surface area contributed by atoms with Gasteiger partial charge in [-0.05, 0) is 57.2 Å². The first-order valence-corrected chi connectivity index (χ1v) is 7.71. The van der Waals surface area contributed by atoms with Gasteiger partial charge in [0.05, 0.1) is 0 Å². The van der Waals surface area contributed by atoms with Crippen LogP contribution in [0.2, 0.25) is 0 Å². The van der Waals surface area contributed by atoms with Crippen LogP contribution in [0.4, 0.5) is 5.69 Å². The minimum Gasteiger partial charge on any atom is -0.472 e. The first kappa shape index (κ1) is 13.7. The van der Waals surface area contributed by atoms with E-state index in [1.807, 2.05) is 0 Å². The summed E-state index contributed by atoms with van der Waals surface area (Å²) in [7, 11) is 0. The van der Waals surface area contributed by atoms with E-state index in [-0.39, 0.29) is 5.72 Å². The molecule has 2 aliphatic heterocycles. The molecule has 1 saturated heterocycles. The second-order valence-electron chi connectivity index (χ2n) is 6.60. The van der Waals surface area contributed by atoms with Gasteiger partial charge in [0.2, 0.25) is 0 Å². The van der Waals surface area contributed by atoms with Crippen molar-refractivity contribution >= 4 is 5.69 Å². The van der Waals surface area contributed by atoms with E-state index in [9.17, 15) is 0 Å². The topological polar surface area (TPSA) is 38.5 Å². The van der Waals surface area contributed by atoms with E-state index in [1.165, 1.54) is 35.1 Å². The molecule has 0 aromatic heterocycles. The predicted molar refractivity (Wildman–Crippen MR) is 83.3 cm³/mol. The summed E-state index contributed by atoms with van der Waals surface area (Å²) in [5.74, 6) is 1.44. The van der Waals surface area contributed by atoms with Crippen molar-refractivity contribution in [2.24, 2.45) is 0 Å². The summed E-state index contributed by atoms with van der Waals surface area (Å²) < 4.78 is 6.51. The Morgan fingerprint density at radius 3 is 2.30 bits per heavy atom. The molecule has 2 unspecified atom stereocenters. The van der Waals surface area contributed by atoms with Crippen molar-refractivity contribution < 1.29 is 4.74 Å². The molecule has 3 rings (SSSR count). The van der Waals surface area contributed by atoms with E-state index in [0.29, 0.717) is 5.92 Å². The van der Waals surface area contributed by atoms with Crippen LogP contribution >= 0.6 is 0 Å². The molecule has 0 aliphatic carbocycles. The van der Waals surface area contributed by atoms with Crippen LogP contribution in [-0.4, -0.2) is 23.7 Å². The Labute approximate surface area is 122 Å². The molecule has 1 fully saturated rings. The van der Waals surface area contributed by atoms with E-state index in [4.69, 9.17) is 10.5 Å². The van der Waals surface area contributed by atoms with Gasteiger partial charge < -0.3 is 10.5 Å². The highest BCUT2D eigenvalue weighted by molar-refractivity contribution is 5.67. The Morgan fingerprint density at radius 2 is 1.70 bits per heavy atom. The van der Waals surface area contributed by atoms with Crippen LogP contribution in [0, 0.1) is 20.8 Å². The number of likely N-dealkylation sites (tertiary alicyclic amines) is 1. The Balaban J connectivity index is 2.12. The van der Waals surface area contributed by atoms with Gasteiger partial charge in [-0.3, -0.25) is 4.90 Å². The molecule has 0 bridgehead atoms. The maximum absolute atomic E-state index is 6.51. The van der Waals surface area contributed by atoms with Gasteiger partial charge in [0.1, 0.15) is 5.75 Å². The lowest BCUT2D eigenvalue weighted by atomic mass is 9.86. The van der Waals surface area contributed by atoms with Gasteiger partial charge in [-0.2, -0.15) is 0 Å². The fourth-order valence-corrected chi connectivity index (χ4v) is 3.89. The molecule has 2 atom stereocenters. The van der Waals surface area contributed by atoms with Crippen molar-refractivity contribution in [2.45, 2.75) is 59.1 Å². The fourth-order valence-electron chi connectivity index (χ4n) is 3.89. The lowest BCUT2D eigenvalue weighted by Gasteiger charge is -2.38. The number of hydrogen-bond acceptors (Lipinski definition) is 3. The molecule has 0 saturated carbocycles. The minimum absolute atomic E-state index is 0.214. The number of anilines is 1. The van der Waals surface area contributed by atoms with Crippen molar-refractivity contribution in [1.82, 2.24) is 4.90 Å². The second kappa shape index (κ2) is 4.39. The molecule has 0 amide bonds. The van der Waals surface area contributed by atoms with Crippen LogP contribution in [0.25, 0.3) is 0 Å². The molecule has 1 aromatic carbocycles. The number of fused-ring (bicyclic) bond motifs is 1. The number of nitrogens with zero attached hydrogens (tertiary/aromatic N) is 1. The molecular formula is C17H26N2O. The van der Waals surface area contributed by atoms with Gasteiger partial charge >= 0.3 is 0 Å². The summed E-state index contributed by atoms with van der Waals surface area (Å²) in [6.07, 6.45) is 2.56. The molecule has 20 heavy (non-hydrogen) atoms. The summed E-state index contributed by atoms with van der Waals surface area (Å²) in [4.78, 5) is 2.50. The second-order valence-corrected chi connectivity index (χ2v) is 6.60. The van der Waals surface area contributed by atoms with Crippen LogP contribution in [0.3, 0.4) is 0 Å². The van der Waals surface area contributed by atoms with Crippen LogP contribution in [-0.2, 0) is 0 Å². The zero-order valence-corrected chi connectivity index (χ0v) is 13.3. The van der Waals surface area contributed by atoms with Crippen LogP contribution in [0.15, 0.2) is 0 Å². The Bertz CT molecular complexity index is 561. The Morgan fingerprint density at radius 1 is 1.10 bits per heavy atom. The average molecular weight is 274 g/mol. The smallest absolute Gasteiger partial charge is 0.167 e. The number of rotatable bonds is 1. The minimum atomic E-state index is -0.214. The summed E-state index contributed by atoms with van der Waals surface area (Å²) in [6.45, 7) is 13.2. The van der Waals surface area contributed by atoms with Crippen LogP contribution in [0.1, 0.15) is 54.9 Å². The molecule has 3 nitrogen and oxygen atoms in total. The van der Waals surface area contributed by atoms with E-state index in [1.54, 1.807) is 0 Å². The van der Waals surface area contributed by atoms with E-state index < -0.39 is 0 Å². The molecule has 110 valence electrons. The highest BCUT2D eigenvalue weighted by atomic mass is 16.5. The summed E-state index contributed by atoms with van der Waals surface area (Å²) >= 11 is 0.